The number of thiophene rings is 1. The number of anilines is 1. The first kappa shape index (κ1) is 12.8. The van der Waals surface area contributed by atoms with Crippen LogP contribution < -0.4 is 11.1 Å². The van der Waals surface area contributed by atoms with Crippen LogP contribution in [0, 0.1) is 0 Å². The van der Waals surface area contributed by atoms with Crippen molar-refractivity contribution in [2.45, 2.75) is 13.0 Å². The van der Waals surface area contributed by atoms with Crippen molar-refractivity contribution in [1.29, 1.82) is 0 Å². The van der Waals surface area contributed by atoms with Gasteiger partial charge in [0.15, 0.2) is 5.69 Å². The van der Waals surface area contributed by atoms with Crippen LogP contribution in [-0.2, 0) is 0 Å². The first-order chi connectivity index (χ1) is 8.56. The third kappa shape index (κ3) is 2.96. The second kappa shape index (κ2) is 5.32. The van der Waals surface area contributed by atoms with Crippen LogP contribution in [0.3, 0.4) is 0 Å². The molecule has 7 heteroatoms. The van der Waals surface area contributed by atoms with E-state index in [0.29, 0.717) is 4.34 Å². The smallest absolute Gasteiger partial charge is 0.272 e. The van der Waals surface area contributed by atoms with Gasteiger partial charge in [0.1, 0.15) is 5.82 Å². The standard InChI is InChI=1S/C11H11ClN4OS/c1-6(8-3-4-9(12)18-8)14-11(17)7-2-5-10(13)16-15-7/h2-6H,1H3,(H2,13,16)(H,14,17). The van der Waals surface area contributed by atoms with E-state index in [0.717, 1.165) is 4.88 Å². The fraction of sp³-hybridized carbons (Fsp3) is 0.182. The summed E-state index contributed by atoms with van der Waals surface area (Å²) in [5, 5.41) is 10.2. The minimum atomic E-state index is -0.292. The van der Waals surface area contributed by atoms with E-state index in [-0.39, 0.29) is 23.5 Å². The Balaban J connectivity index is 2.05. The van der Waals surface area contributed by atoms with E-state index in [9.17, 15) is 4.79 Å². The Kier molecular flexibility index (Phi) is 3.78. The molecule has 3 N–H and O–H groups in total. The van der Waals surface area contributed by atoms with Crippen LogP contribution in [0.1, 0.15) is 28.3 Å². The number of hydrogen-bond donors (Lipinski definition) is 2. The molecule has 0 aliphatic rings. The molecule has 0 aromatic carbocycles. The lowest BCUT2D eigenvalue weighted by Gasteiger charge is -2.11. The van der Waals surface area contributed by atoms with E-state index >= 15 is 0 Å². The van der Waals surface area contributed by atoms with E-state index < -0.39 is 0 Å². The SMILES string of the molecule is CC(NC(=O)c1ccc(N)nn1)c1ccc(Cl)s1. The van der Waals surface area contributed by atoms with Crippen molar-refractivity contribution in [2.75, 3.05) is 5.73 Å². The summed E-state index contributed by atoms with van der Waals surface area (Å²) in [7, 11) is 0. The lowest BCUT2D eigenvalue weighted by Crippen LogP contribution is -2.27. The largest absolute Gasteiger partial charge is 0.382 e. The van der Waals surface area contributed by atoms with Crippen LogP contribution in [-0.4, -0.2) is 16.1 Å². The molecule has 5 nitrogen and oxygen atoms in total. The fourth-order valence-corrected chi connectivity index (χ4v) is 2.43. The molecule has 0 spiro atoms. The second-order valence-corrected chi connectivity index (χ2v) is 5.43. The monoisotopic (exact) mass is 282 g/mol. The van der Waals surface area contributed by atoms with Gasteiger partial charge in [-0.1, -0.05) is 11.6 Å². The van der Waals surface area contributed by atoms with Crippen LogP contribution in [0.2, 0.25) is 4.34 Å². The van der Waals surface area contributed by atoms with Gasteiger partial charge in [0.05, 0.1) is 10.4 Å². The first-order valence-corrected chi connectivity index (χ1v) is 6.41. The van der Waals surface area contributed by atoms with Crippen molar-refractivity contribution >= 4 is 34.7 Å². The van der Waals surface area contributed by atoms with Crippen LogP contribution in [0.5, 0.6) is 0 Å². The molecule has 1 atom stereocenters. The molecular formula is C11H11ClN4OS. The summed E-state index contributed by atoms with van der Waals surface area (Å²) in [6.07, 6.45) is 0. The van der Waals surface area contributed by atoms with E-state index in [4.69, 9.17) is 17.3 Å². The van der Waals surface area contributed by atoms with Gasteiger partial charge in [-0.15, -0.1) is 21.5 Å². The molecule has 0 fully saturated rings. The van der Waals surface area contributed by atoms with Gasteiger partial charge in [0.2, 0.25) is 0 Å². The predicted octanol–water partition coefficient (Wildman–Crippen LogP) is 2.26. The summed E-state index contributed by atoms with van der Waals surface area (Å²) >= 11 is 7.28. The summed E-state index contributed by atoms with van der Waals surface area (Å²) in [6, 6.07) is 6.62. The number of carbonyl (C=O) groups is 1. The van der Waals surface area contributed by atoms with Crippen molar-refractivity contribution < 1.29 is 4.79 Å². The zero-order valence-electron chi connectivity index (χ0n) is 9.55. The first-order valence-electron chi connectivity index (χ1n) is 5.21. The Bertz CT molecular complexity index is 554. The van der Waals surface area contributed by atoms with Gasteiger partial charge in [0.25, 0.3) is 5.91 Å². The zero-order valence-corrected chi connectivity index (χ0v) is 11.1. The maximum atomic E-state index is 11.9. The molecule has 1 amide bonds. The van der Waals surface area contributed by atoms with Gasteiger partial charge in [-0.3, -0.25) is 4.79 Å². The van der Waals surface area contributed by atoms with Gasteiger partial charge in [-0.25, -0.2) is 0 Å². The van der Waals surface area contributed by atoms with E-state index in [1.165, 1.54) is 23.5 Å². The van der Waals surface area contributed by atoms with Gasteiger partial charge in [-0.2, -0.15) is 0 Å². The summed E-state index contributed by atoms with van der Waals surface area (Å²) in [6.45, 7) is 1.88. The Morgan fingerprint density at radius 1 is 1.39 bits per heavy atom. The van der Waals surface area contributed by atoms with Gasteiger partial charge in [-0.05, 0) is 31.2 Å². The summed E-state index contributed by atoms with van der Waals surface area (Å²) in [4.78, 5) is 12.8. The lowest BCUT2D eigenvalue weighted by molar-refractivity contribution is 0.0934. The number of hydrogen-bond acceptors (Lipinski definition) is 5. The molecule has 2 rings (SSSR count). The Morgan fingerprint density at radius 2 is 2.17 bits per heavy atom. The normalized spacial score (nSPS) is 12.1. The summed E-state index contributed by atoms with van der Waals surface area (Å²) < 4.78 is 0.693. The highest BCUT2D eigenvalue weighted by molar-refractivity contribution is 7.16. The molecule has 0 aliphatic carbocycles. The molecule has 2 aromatic rings. The van der Waals surface area contributed by atoms with Crippen LogP contribution in [0.4, 0.5) is 5.82 Å². The number of nitrogen functional groups attached to an aromatic ring is 1. The van der Waals surface area contributed by atoms with Crippen LogP contribution in [0.15, 0.2) is 24.3 Å². The number of nitrogens with two attached hydrogens (primary N) is 1. The highest BCUT2D eigenvalue weighted by Gasteiger charge is 2.14. The molecular weight excluding hydrogens is 272 g/mol. The number of aromatic nitrogens is 2. The number of amides is 1. The predicted molar refractivity (Wildman–Crippen MR) is 71.7 cm³/mol. The molecule has 94 valence electrons. The van der Waals surface area contributed by atoms with Crippen molar-refractivity contribution in [2.24, 2.45) is 0 Å². The third-order valence-corrected chi connectivity index (χ3v) is 3.70. The molecule has 0 saturated carbocycles. The quantitative estimate of drug-likeness (QED) is 0.905. The van der Waals surface area contributed by atoms with E-state index in [1.54, 1.807) is 6.07 Å². The molecule has 2 heterocycles. The van der Waals surface area contributed by atoms with E-state index in [1.807, 2.05) is 13.0 Å². The average Bonchev–Trinajstić information content (AvgIpc) is 2.76. The second-order valence-electron chi connectivity index (χ2n) is 3.68. The number of rotatable bonds is 3. The lowest BCUT2D eigenvalue weighted by atomic mass is 10.2. The van der Waals surface area contributed by atoms with Crippen molar-refractivity contribution in [3.05, 3.63) is 39.2 Å². The summed E-state index contributed by atoms with van der Waals surface area (Å²) in [5.74, 6) is -0.0100. The minimum Gasteiger partial charge on any atom is -0.382 e. The molecule has 0 bridgehead atoms. The Hall–Kier alpha value is -1.66. The number of carbonyl (C=O) groups excluding carboxylic acids is 1. The maximum Gasteiger partial charge on any atom is 0.272 e. The summed E-state index contributed by atoms with van der Waals surface area (Å²) in [5.41, 5.74) is 5.64. The van der Waals surface area contributed by atoms with E-state index in [2.05, 4.69) is 15.5 Å². The molecule has 0 aliphatic heterocycles. The van der Waals surface area contributed by atoms with Crippen LogP contribution in [0.25, 0.3) is 0 Å². The number of nitrogens with zero attached hydrogens (tertiary/aromatic N) is 2. The molecule has 1 unspecified atom stereocenters. The topological polar surface area (TPSA) is 80.9 Å². The molecule has 2 aromatic heterocycles. The molecule has 18 heavy (non-hydrogen) atoms. The zero-order chi connectivity index (χ0) is 13.1. The van der Waals surface area contributed by atoms with Gasteiger partial charge in [0, 0.05) is 4.88 Å². The highest BCUT2D eigenvalue weighted by Crippen LogP contribution is 2.26. The average molecular weight is 283 g/mol. The Morgan fingerprint density at radius 3 is 2.72 bits per heavy atom. The number of halogens is 1. The highest BCUT2D eigenvalue weighted by atomic mass is 35.5. The fourth-order valence-electron chi connectivity index (χ4n) is 1.37. The Labute approximate surface area is 113 Å². The van der Waals surface area contributed by atoms with Gasteiger partial charge < -0.3 is 11.1 Å². The van der Waals surface area contributed by atoms with Gasteiger partial charge >= 0.3 is 0 Å². The number of nitrogens with one attached hydrogen (secondary N) is 1. The van der Waals surface area contributed by atoms with Crippen molar-refractivity contribution in [1.82, 2.24) is 15.5 Å². The van der Waals surface area contributed by atoms with Crippen molar-refractivity contribution in [3.8, 4) is 0 Å². The van der Waals surface area contributed by atoms with Crippen LogP contribution >= 0.6 is 22.9 Å². The third-order valence-electron chi connectivity index (χ3n) is 2.29. The molecule has 0 saturated heterocycles. The minimum absolute atomic E-state index is 0.130. The van der Waals surface area contributed by atoms with Crippen molar-refractivity contribution in [3.63, 3.8) is 0 Å². The molecule has 0 radical (unpaired) electrons. The maximum absolute atomic E-state index is 11.9.